The highest BCUT2D eigenvalue weighted by atomic mass is 32.1. The van der Waals surface area contributed by atoms with Crippen LogP contribution in [0.15, 0.2) is 30.3 Å². The van der Waals surface area contributed by atoms with Crippen LogP contribution in [0.2, 0.25) is 0 Å². The number of carbonyl (C=O) groups is 1. The summed E-state index contributed by atoms with van der Waals surface area (Å²) in [4.78, 5) is 36.3. The van der Waals surface area contributed by atoms with Gasteiger partial charge in [0.05, 0.1) is 16.7 Å². The number of aryl methyl sites for hydroxylation is 1. The molecule has 1 aromatic heterocycles. The van der Waals surface area contributed by atoms with Crippen LogP contribution in [-0.2, 0) is 0 Å². The number of benzene rings is 2. The summed E-state index contributed by atoms with van der Waals surface area (Å²) in [6.45, 7) is 10.6. The van der Waals surface area contributed by atoms with Crippen LogP contribution in [0.5, 0.6) is 5.75 Å². The lowest BCUT2D eigenvalue weighted by Gasteiger charge is -2.28. The molecule has 1 aliphatic rings. The summed E-state index contributed by atoms with van der Waals surface area (Å²) < 4.78 is 6.48. The molecule has 1 saturated heterocycles. The number of ether oxygens (including phenoxy) is 1. The summed E-state index contributed by atoms with van der Waals surface area (Å²) in [6, 6.07) is 8.73. The number of nitro benzene ring substituents is 1. The number of rotatable bonds is 10. The number of hydrogen-bond acceptors (Lipinski definition) is 8. The Morgan fingerprint density at radius 2 is 1.86 bits per heavy atom. The molecule has 2 heterocycles. The van der Waals surface area contributed by atoms with E-state index in [9.17, 15) is 14.9 Å². The van der Waals surface area contributed by atoms with Crippen molar-refractivity contribution in [1.29, 1.82) is 0 Å². The maximum atomic E-state index is 13.9. The number of methoxy groups -OCH3 is 1. The van der Waals surface area contributed by atoms with Gasteiger partial charge in [-0.3, -0.25) is 19.8 Å². The number of likely N-dealkylation sites (N-methyl/N-ethyl adjacent to an activating group) is 1. The van der Waals surface area contributed by atoms with Crippen LogP contribution in [0.25, 0.3) is 10.2 Å². The van der Waals surface area contributed by atoms with E-state index in [0.717, 1.165) is 61.2 Å². The molecule has 0 radical (unpaired) electrons. The molecule has 2 aromatic carbocycles. The van der Waals surface area contributed by atoms with Gasteiger partial charge in [-0.05, 0) is 63.0 Å². The molecule has 0 spiro atoms. The van der Waals surface area contributed by atoms with Gasteiger partial charge < -0.3 is 14.5 Å². The molecule has 0 bridgehead atoms. The Morgan fingerprint density at radius 1 is 1.14 bits per heavy atom. The zero-order chi connectivity index (χ0) is 26.5. The Hall–Kier alpha value is -3.24. The highest BCUT2D eigenvalue weighted by molar-refractivity contribution is 7.22. The molecule has 0 saturated carbocycles. The van der Waals surface area contributed by atoms with Crippen molar-refractivity contribution in [3.63, 3.8) is 0 Å². The number of aromatic nitrogens is 1. The van der Waals surface area contributed by atoms with Crippen molar-refractivity contribution in [3.05, 3.63) is 51.6 Å². The van der Waals surface area contributed by atoms with Crippen LogP contribution in [-0.4, -0.2) is 67.1 Å². The minimum absolute atomic E-state index is 0.0294. The minimum atomic E-state index is -0.382. The van der Waals surface area contributed by atoms with Crippen molar-refractivity contribution in [2.75, 3.05) is 56.2 Å². The first-order valence-corrected chi connectivity index (χ1v) is 13.7. The van der Waals surface area contributed by atoms with Crippen LogP contribution < -0.4 is 14.5 Å². The number of nitrogens with zero attached hydrogens (tertiary/aromatic N) is 5. The maximum absolute atomic E-state index is 13.9. The average molecular weight is 526 g/mol. The number of carbonyl (C=O) groups excluding carboxylic acids is 1. The molecule has 10 heteroatoms. The minimum Gasteiger partial charge on any atom is -0.494 e. The van der Waals surface area contributed by atoms with E-state index in [0.29, 0.717) is 29.7 Å². The van der Waals surface area contributed by atoms with E-state index < -0.39 is 0 Å². The number of hydrogen-bond donors (Lipinski definition) is 0. The SMILES string of the molecule is CCN(CC)CCN(C(=O)c1ccc(N2CCCCC2)c([N+](=O)[O-])c1)c1nc2c(OC)ccc(C)c2s1. The summed E-state index contributed by atoms with van der Waals surface area (Å²) in [6.07, 6.45) is 3.16. The monoisotopic (exact) mass is 525 g/mol. The van der Waals surface area contributed by atoms with E-state index in [1.807, 2.05) is 19.1 Å². The second-order valence-corrected chi connectivity index (χ2v) is 10.2. The normalized spacial score (nSPS) is 13.8. The number of fused-ring (bicyclic) bond motifs is 1. The van der Waals surface area contributed by atoms with Crippen molar-refractivity contribution in [3.8, 4) is 5.75 Å². The number of amides is 1. The summed E-state index contributed by atoms with van der Waals surface area (Å²) in [7, 11) is 1.61. The summed E-state index contributed by atoms with van der Waals surface area (Å²) >= 11 is 1.44. The molecular formula is C27H35N5O4S. The molecule has 0 aliphatic carbocycles. The Bertz CT molecular complexity index is 1270. The lowest BCUT2D eigenvalue weighted by atomic mass is 10.1. The number of piperidine rings is 1. The number of nitro groups is 1. The Labute approximate surface area is 221 Å². The Morgan fingerprint density at radius 3 is 2.51 bits per heavy atom. The summed E-state index contributed by atoms with van der Waals surface area (Å²) in [5.41, 5.74) is 2.61. The van der Waals surface area contributed by atoms with Gasteiger partial charge in [0.15, 0.2) is 5.13 Å². The van der Waals surface area contributed by atoms with Gasteiger partial charge in [-0.25, -0.2) is 4.98 Å². The highest BCUT2D eigenvalue weighted by Gasteiger charge is 2.27. The average Bonchev–Trinajstić information content (AvgIpc) is 3.37. The van der Waals surface area contributed by atoms with Gasteiger partial charge >= 0.3 is 0 Å². The van der Waals surface area contributed by atoms with Crippen LogP contribution in [0.4, 0.5) is 16.5 Å². The van der Waals surface area contributed by atoms with Gasteiger partial charge in [-0.2, -0.15) is 0 Å². The third kappa shape index (κ3) is 5.70. The van der Waals surface area contributed by atoms with E-state index in [2.05, 4.69) is 23.6 Å². The second-order valence-electron chi connectivity index (χ2n) is 9.25. The van der Waals surface area contributed by atoms with E-state index in [4.69, 9.17) is 9.72 Å². The predicted molar refractivity (Wildman–Crippen MR) is 150 cm³/mol. The summed E-state index contributed by atoms with van der Waals surface area (Å²) in [5, 5.41) is 12.6. The first kappa shape index (κ1) is 26.8. The largest absolute Gasteiger partial charge is 0.494 e. The lowest BCUT2D eigenvalue weighted by molar-refractivity contribution is -0.384. The quantitative estimate of drug-likeness (QED) is 0.255. The molecule has 1 amide bonds. The van der Waals surface area contributed by atoms with E-state index in [1.54, 1.807) is 24.1 Å². The van der Waals surface area contributed by atoms with Crippen molar-refractivity contribution in [2.24, 2.45) is 0 Å². The van der Waals surface area contributed by atoms with Crippen molar-refractivity contribution in [2.45, 2.75) is 40.0 Å². The van der Waals surface area contributed by atoms with Crippen molar-refractivity contribution in [1.82, 2.24) is 9.88 Å². The molecule has 3 aromatic rings. The van der Waals surface area contributed by atoms with Crippen LogP contribution >= 0.6 is 11.3 Å². The Kier molecular flexibility index (Phi) is 8.60. The molecule has 4 rings (SSSR count). The van der Waals surface area contributed by atoms with E-state index in [-0.39, 0.29) is 22.1 Å². The predicted octanol–water partition coefficient (Wildman–Crippen LogP) is 5.50. The zero-order valence-corrected chi connectivity index (χ0v) is 22.8. The molecule has 9 nitrogen and oxygen atoms in total. The number of anilines is 2. The van der Waals surface area contributed by atoms with Gasteiger partial charge in [-0.15, -0.1) is 0 Å². The van der Waals surface area contributed by atoms with Crippen LogP contribution in [0, 0.1) is 17.0 Å². The first-order chi connectivity index (χ1) is 17.9. The number of thiazole rings is 1. The molecule has 37 heavy (non-hydrogen) atoms. The fourth-order valence-electron chi connectivity index (χ4n) is 4.80. The molecular weight excluding hydrogens is 490 g/mol. The topological polar surface area (TPSA) is 92.0 Å². The van der Waals surface area contributed by atoms with Gasteiger partial charge in [0.25, 0.3) is 11.6 Å². The first-order valence-electron chi connectivity index (χ1n) is 12.9. The van der Waals surface area contributed by atoms with Crippen LogP contribution in [0.3, 0.4) is 0 Å². The summed E-state index contributed by atoms with van der Waals surface area (Å²) in [5.74, 6) is 0.358. The van der Waals surface area contributed by atoms with Gasteiger partial charge in [-0.1, -0.05) is 31.3 Å². The third-order valence-electron chi connectivity index (χ3n) is 7.04. The smallest absolute Gasteiger partial charge is 0.293 e. The van der Waals surface area contributed by atoms with Crippen molar-refractivity contribution < 1.29 is 14.5 Å². The zero-order valence-electron chi connectivity index (χ0n) is 22.0. The van der Waals surface area contributed by atoms with E-state index >= 15 is 0 Å². The lowest BCUT2D eigenvalue weighted by Crippen LogP contribution is -2.39. The fraction of sp³-hybridized carbons (Fsp3) is 0.481. The van der Waals surface area contributed by atoms with Crippen molar-refractivity contribution >= 4 is 44.0 Å². The molecule has 0 N–H and O–H groups in total. The maximum Gasteiger partial charge on any atom is 0.293 e. The molecule has 198 valence electrons. The van der Waals surface area contributed by atoms with E-state index in [1.165, 1.54) is 17.4 Å². The van der Waals surface area contributed by atoms with Gasteiger partial charge in [0.2, 0.25) is 0 Å². The Balaban J connectivity index is 1.74. The molecule has 1 fully saturated rings. The third-order valence-corrected chi connectivity index (χ3v) is 8.25. The molecule has 0 atom stereocenters. The highest BCUT2D eigenvalue weighted by Crippen LogP contribution is 2.37. The molecule has 0 unspecified atom stereocenters. The second kappa shape index (κ2) is 11.9. The van der Waals surface area contributed by atoms with Crippen LogP contribution in [0.1, 0.15) is 49.0 Å². The van der Waals surface area contributed by atoms with Gasteiger partial charge in [0, 0.05) is 37.8 Å². The van der Waals surface area contributed by atoms with Gasteiger partial charge in [0.1, 0.15) is 17.0 Å². The molecule has 1 aliphatic heterocycles. The fourth-order valence-corrected chi connectivity index (χ4v) is 5.88. The standard InChI is InChI=1S/C27H35N5O4S/c1-5-29(6-2)16-17-31(27-28-24-23(36-4)13-10-19(3)25(24)37-27)26(33)20-11-12-21(22(18-20)32(34)35)30-14-8-7-9-15-30/h10-13,18H,5-9,14-17H2,1-4H3.